The summed E-state index contributed by atoms with van der Waals surface area (Å²) in [6, 6.07) is 27.6. The second-order valence-corrected chi connectivity index (χ2v) is 13.1. The monoisotopic (exact) mass is 471 g/mol. The van der Waals surface area contributed by atoms with Crippen LogP contribution in [-0.2, 0) is 15.7 Å². The van der Waals surface area contributed by atoms with Gasteiger partial charge in [-0.2, -0.15) is 0 Å². The van der Waals surface area contributed by atoms with Gasteiger partial charge in [-0.05, 0) is 47.0 Å². The zero-order chi connectivity index (χ0) is 23.1. The van der Waals surface area contributed by atoms with Crippen LogP contribution in [0.1, 0.15) is 11.9 Å². The van der Waals surface area contributed by atoms with E-state index in [0.29, 0.717) is 9.92 Å². The van der Waals surface area contributed by atoms with Crippen LogP contribution in [0.15, 0.2) is 101 Å². The van der Waals surface area contributed by atoms with Crippen LogP contribution in [0, 0.1) is 0 Å². The van der Waals surface area contributed by atoms with Gasteiger partial charge in [-0.15, -0.1) is 11.3 Å². The van der Waals surface area contributed by atoms with Crippen molar-refractivity contribution in [3.8, 4) is 21.7 Å². The van der Waals surface area contributed by atoms with Crippen molar-refractivity contribution in [3.63, 3.8) is 0 Å². The number of benzene rings is 3. The molecule has 4 nitrogen and oxygen atoms in total. The summed E-state index contributed by atoms with van der Waals surface area (Å²) in [5.74, 6) is 0. The van der Waals surface area contributed by atoms with Gasteiger partial charge in [0.15, 0.2) is 0 Å². The van der Waals surface area contributed by atoms with Crippen molar-refractivity contribution >= 4 is 31.4 Å². The molecule has 33 heavy (non-hydrogen) atoms. The zero-order valence-electron chi connectivity index (χ0n) is 18.6. The third kappa shape index (κ3) is 3.80. The summed E-state index contributed by atoms with van der Waals surface area (Å²) in [4.78, 5) is 11.1. The fourth-order valence-electron chi connectivity index (χ4n) is 4.03. The minimum absolute atomic E-state index is 0.381. The van der Waals surface area contributed by atoms with E-state index in [4.69, 9.17) is 10.1 Å². The largest absolute Gasteiger partial charge is 0.263 e. The highest BCUT2D eigenvalue weighted by atomic mass is 32.3. The van der Waals surface area contributed by atoms with Crippen LogP contribution < -0.4 is 5.14 Å². The van der Waals surface area contributed by atoms with E-state index >= 15 is 0 Å². The van der Waals surface area contributed by atoms with E-state index in [1.54, 1.807) is 35.9 Å². The Balaban J connectivity index is 1.71. The summed E-state index contributed by atoms with van der Waals surface area (Å²) in [5, 5.41) is 10.3. The van der Waals surface area contributed by atoms with E-state index in [0.717, 1.165) is 38.5 Å². The first-order valence-electron chi connectivity index (χ1n) is 10.8. The molecule has 0 aliphatic heterocycles. The maximum atomic E-state index is 14.1. The molecule has 0 radical (unpaired) electrons. The van der Waals surface area contributed by atoms with Crippen molar-refractivity contribution in [2.75, 3.05) is 6.26 Å². The maximum Gasteiger partial charge on any atom is 0.122 e. The van der Waals surface area contributed by atoms with Gasteiger partial charge in [-0.1, -0.05) is 67.6 Å². The lowest BCUT2D eigenvalue weighted by Crippen LogP contribution is -2.42. The number of thiazole rings is 1. The van der Waals surface area contributed by atoms with E-state index in [9.17, 15) is 4.21 Å². The van der Waals surface area contributed by atoms with Crippen LogP contribution in [0.5, 0.6) is 0 Å². The maximum absolute atomic E-state index is 14.1. The predicted molar refractivity (Wildman–Crippen MR) is 139 cm³/mol. The van der Waals surface area contributed by atoms with E-state index in [2.05, 4.69) is 48.3 Å². The Morgan fingerprint density at radius 2 is 1.67 bits per heavy atom. The van der Waals surface area contributed by atoms with E-state index in [1.807, 2.05) is 36.4 Å². The Hall–Kier alpha value is -3.19. The van der Waals surface area contributed by atoms with Gasteiger partial charge in [0.25, 0.3) is 0 Å². The fourth-order valence-corrected chi connectivity index (χ4v) is 6.87. The van der Waals surface area contributed by atoms with Crippen LogP contribution in [-0.4, -0.2) is 20.4 Å². The van der Waals surface area contributed by atoms with Gasteiger partial charge in [-0.3, -0.25) is 9.35 Å². The highest BCUT2D eigenvalue weighted by Gasteiger charge is 2.33. The lowest BCUT2D eigenvalue weighted by molar-refractivity contribution is 0.656. The summed E-state index contributed by atoms with van der Waals surface area (Å²) >= 11 is 1.66. The molecule has 0 unspecified atom stereocenters. The number of rotatable bonds is 5. The molecular weight excluding hydrogens is 446 g/mol. The molecule has 0 saturated heterocycles. The lowest BCUT2D eigenvalue weighted by atomic mass is 10.0. The fraction of sp³-hybridized carbons (Fsp3) is 0.111. The number of nitrogens with two attached hydrogens (primary N) is 1. The van der Waals surface area contributed by atoms with Crippen molar-refractivity contribution in [2.45, 2.75) is 23.3 Å². The third-order valence-corrected chi connectivity index (χ3v) is 9.82. The second-order valence-electron chi connectivity index (χ2n) is 8.27. The number of hydrogen-bond donors (Lipinski definition) is 1. The first kappa shape index (κ1) is 21.6. The summed E-state index contributed by atoms with van der Waals surface area (Å²) in [5.41, 5.74) is 2.94. The SMILES string of the molecule is CCc1nc(-c2cccc3ccccc23)c(-c2ccnc(S(C)(N)(=O)c3ccccc3)c2)s1. The van der Waals surface area contributed by atoms with Crippen molar-refractivity contribution in [2.24, 2.45) is 5.14 Å². The number of pyridine rings is 1. The van der Waals surface area contributed by atoms with Crippen molar-refractivity contribution in [1.29, 1.82) is 0 Å². The normalized spacial score (nSPS) is 13.0. The summed E-state index contributed by atoms with van der Waals surface area (Å²) in [7, 11) is -3.84. The highest BCUT2D eigenvalue weighted by Crippen LogP contribution is 2.42. The molecule has 6 heteroatoms. The number of hydrogen-bond acceptors (Lipinski definition) is 4. The van der Waals surface area contributed by atoms with Gasteiger partial charge in [0.05, 0.1) is 15.6 Å². The Kier molecular flexibility index (Phi) is 5.24. The minimum Gasteiger partial charge on any atom is -0.263 e. The molecule has 2 N–H and O–H groups in total. The van der Waals surface area contributed by atoms with Gasteiger partial charge in [0.1, 0.15) is 5.03 Å². The molecule has 0 aliphatic carbocycles. The minimum atomic E-state index is -3.84. The van der Waals surface area contributed by atoms with E-state index < -0.39 is 9.25 Å². The highest BCUT2D eigenvalue weighted by molar-refractivity contribution is 8.17. The van der Waals surface area contributed by atoms with Crippen molar-refractivity contribution in [1.82, 2.24) is 9.97 Å². The van der Waals surface area contributed by atoms with Crippen LogP contribution in [0.2, 0.25) is 0 Å². The molecule has 2 heterocycles. The van der Waals surface area contributed by atoms with Crippen LogP contribution in [0.4, 0.5) is 0 Å². The molecular formula is C27H25N3OS2. The number of aromatic nitrogens is 2. The zero-order valence-corrected chi connectivity index (χ0v) is 20.2. The van der Waals surface area contributed by atoms with Crippen LogP contribution in [0.3, 0.4) is 0 Å². The molecule has 2 aromatic heterocycles. The molecule has 5 aromatic rings. The van der Waals surface area contributed by atoms with Crippen LogP contribution >= 0.6 is 11.3 Å². The lowest BCUT2D eigenvalue weighted by Gasteiger charge is -2.33. The van der Waals surface area contributed by atoms with Gasteiger partial charge in [0.2, 0.25) is 0 Å². The van der Waals surface area contributed by atoms with Crippen LogP contribution in [0.25, 0.3) is 32.5 Å². The quantitative estimate of drug-likeness (QED) is 0.326. The Morgan fingerprint density at radius 3 is 2.45 bits per heavy atom. The average Bonchev–Trinajstić information content (AvgIpc) is 3.28. The van der Waals surface area contributed by atoms with Gasteiger partial charge >= 0.3 is 0 Å². The first-order valence-corrected chi connectivity index (χ1v) is 14.1. The predicted octanol–water partition coefficient (Wildman–Crippen LogP) is 6.33. The molecule has 0 bridgehead atoms. The summed E-state index contributed by atoms with van der Waals surface area (Å²) in [6.45, 7) is 2.11. The molecule has 166 valence electrons. The molecule has 0 aliphatic rings. The number of nitrogens with zero attached hydrogens (tertiary/aromatic N) is 2. The first-order chi connectivity index (χ1) is 15.9. The van der Waals surface area contributed by atoms with Crippen molar-refractivity contribution in [3.05, 3.63) is 96.1 Å². The van der Waals surface area contributed by atoms with Crippen molar-refractivity contribution < 1.29 is 4.21 Å². The standard InChI is InChI=1S/C27H25N3OS2/c1-3-24-30-26(23-15-9-11-19-10-7-8-14-22(19)23)27(32-24)20-16-17-29-25(18-20)33(2,28,31)21-12-5-4-6-13-21/h4-18H,3H2,1-2H3,(H2,28,31). The van der Waals surface area contributed by atoms with Gasteiger partial charge < -0.3 is 0 Å². The van der Waals surface area contributed by atoms with E-state index in [-0.39, 0.29) is 0 Å². The smallest absolute Gasteiger partial charge is 0.122 e. The molecule has 0 amide bonds. The Morgan fingerprint density at radius 1 is 0.939 bits per heavy atom. The van der Waals surface area contributed by atoms with Gasteiger partial charge in [0, 0.05) is 32.2 Å². The number of fused-ring (bicyclic) bond motifs is 1. The molecule has 0 spiro atoms. The summed E-state index contributed by atoms with van der Waals surface area (Å²) < 4.78 is 14.1. The topological polar surface area (TPSA) is 68.9 Å². The third-order valence-electron chi connectivity index (χ3n) is 5.86. The number of aryl methyl sites for hydroxylation is 1. The molecule has 0 fully saturated rings. The summed E-state index contributed by atoms with van der Waals surface area (Å²) in [6.07, 6.45) is 4.12. The Bertz CT molecular complexity index is 1530. The second kappa shape index (κ2) is 7.99. The average molecular weight is 472 g/mol. The van der Waals surface area contributed by atoms with Gasteiger partial charge in [-0.25, -0.2) is 9.97 Å². The molecule has 0 atom stereocenters. The molecule has 0 saturated carbocycles. The molecule has 3 aromatic carbocycles. The Labute approximate surface area is 197 Å². The molecule has 5 rings (SSSR count). The van der Waals surface area contributed by atoms with E-state index in [1.165, 1.54) is 5.39 Å².